The maximum absolute atomic E-state index is 13.8. The predicted octanol–water partition coefficient (Wildman–Crippen LogP) is 2.81. The first-order chi connectivity index (χ1) is 13.5. The summed E-state index contributed by atoms with van der Waals surface area (Å²) in [5, 5.41) is 4.55. The Bertz CT molecular complexity index is 999. The highest BCUT2D eigenvalue weighted by Crippen LogP contribution is 2.20. The van der Waals surface area contributed by atoms with Gasteiger partial charge in [0.05, 0.1) is 5.69 Å². The fourth-order valence-electron chi connectivity index (χ4n) is 3.11. The number of hydrogen-bond acceptors (Lipinski definition) is 4. The smallest absolute Gasteiger partial charge is 0.271 e. The van der Waals surface area contributed by atoms with Gasteiger partial charge in [-0.3, -0.25) is 4.79 Å². The Morgan fingerprint density at radius 1 is 1.07 bits per heavy atom. The van der Waals surface area contributed by atoms with Crippen LogP contribution in [0.3, 0.4) is 0 Å². The van der Waals surface area contributed by atoms with E-state index in [0.29, 0.717) is 36.3 Å². The molecule has 3 aromatic rings. The second kappa shape index (κ2) is 8.91. The van der Waals surface area contributed by atoms with Crippen molar-refractivity contribution in [1.29, 1.82) is 0 Å². The lowest BCUT2D eigenvalue weighted by atomic mass is 10.1. The van der Waals surface area contributed by atoms with Crippen molar-refractivity contribution in [3.05, 3.63) is 87.5 Å². The zero-order chi connectivity index (χ0) is 20.1. The van der Waals surface area contributed by atoms with E-state index >= 15 is 0 Å². The molecule has 0 aliphatic heterocycles. The van der Waals surface area contributed by atoms with Crippen molar-refractivity contribution in [2.75, 3.05) is 14.1 Å². The molecule has 0 saturated heterocycles. The normalized spacial score (nSPS) is 11.2. The predicted molar refractivity (Wildman–Crippen MR) is 109 cm³/mol. The number of nitrogens with zero attached hydrogens (tertiary/aromatic N) is 3. The monoisotopic (exact) mass is 380 g/mol. The second-order valence-electron chi connectivity index (χ2n) is 7.07. The number of nitrogens with two attached hydrogens (primary N) is 1. The highest BCUT2D eigenvalue weighted by molar-refractivity contribution is 5.60. The molecule has 6 heteroatoms. The van der Waals surface area contributed by atoms with Gasteiger partial charge in [-0.05, 0) is 50.3 Å². The summed E-state index contributed by atoms with van der Waals surface area (Å²) in [4.78, 5) is 14.8. The molecule has 0 saturated carbocycles. The Balaban J connectivity index is 2.01. The van der Waals surface area contributed by atoms with E-state index in [0.717, 1.165) is 11.1 Å². The van der Waals surface area contributed by atoms with E-state index in [4.69, 9.17) is 5.73 Å². The Morgan fingerprint density at radius 2 is 1.82 bits per heavy atom. The average molecular weight is 380 g/mol. The van der Waals surface area contributed by atoms with Gasteiger partial charge in [0.1, 0.15) is 5.82 Å². The lowest BCUT2D eigenvalue weighted by molar-refractivity contribution is 0.396. The number of rotatable bonds is 7. The van der Waals surface area contributed by atoms with Crippen molar-refractivity contribution in [2.24, 2.45) is 5.73 Å². The van der Waals surface area contributed by atoms with Gasteiger partial charge in [-0.2, -0.15) is 5.10 Å². The van der Waals surface area contributed by atoms with Gasteiger partial charge in [-0.15, -0.1) is 0 Å². The van der Waals surface area contributed by atoms with Gasteiger partial charge in [0.2, 0.25) is 0 Å². The van der Waals surface area contributed by atoms with Crippen LogP contribution in [0.4, 0.5) is 4.39 Å². The number of aryl methyl sites for hydroxylation is 2. The van der Waals surface area contributed by atoms with Gasteiger partial charge in [0.15, 0.2) is 0 Å². The molecule has 0 aliphatic carbocycles. The van der Waals surface area contributed by atoms with Gasteiger partial charge in [0.25, 0.3) is 5.56 Å². The molecular weight excluding hydrogens is 355 g/mol. The minimum Gasteiger partial charge on any atom is -0.326 e. The molecule has 0 spiro atoms. The summed E-state index contributed by atoms with van der Waals surface area (Å²) >= 11 is 0. The van der Waals surface area contributed by atoms with E-state index in [1.807, 2.05) is 49.3 Å². The topological polar surface area (TPSA) is 64.2 Å². The molecule has 28 heavy (non-hydrogen) atoms. The zero-order valence-corrected chi connectivity index (χ0v) is 16.2. The second-order valence-corrected chi connectivity index (χ2v) is 7.07. The summed E-state index contributed by atoms with van der Waals surface area (Å²) in [7, 11) is 3.83. The molecule has 1 aromatic heterocycles. The van der Waals surface area contributed by atoms with Gasteiger partial charge < -0.3 is 10.6 Å². The van der Waals surface area contributed by atoms with Crippen LogP contribution in [-0.2, 0) is 26.1 Å². The Morgan fingerprint density at radius 3 is 2.50 bits per heavy atom. The Hall–Kier alpha value is -2.83. The van der Waals surface area contributed by atoms with Crippen molar-refractivity contribution in [3.8, 4) is 11.3 Å². The van der Waals surface area contributed by atoms with Crippen LogP contribution in [0.2, 0.25) is 0 Å². The van der Waals surface area contributed by atoms with Crippen LogP contribution in [0.1, 0.15) is 16.7 Å². The Kier molecular flexibility index (Phi) is 6.34. The van der Waals surface area contributed by atoms with Crippen LogP contribution in [0.15, 0.2) is 59.4 Å². The van der Waals surface area contributed by atoms with E-state index in [9.17, 15) is 9.18 Å². The van der Waals surface area contributed by atoms with Crippen LogP contribution >= 0.6 is 0 Å². The van der Waals surface area contributed by atoms with Crippen LogP contribution < -0.4 is 11.3 Å². The Labute approximate surface area is 164 Å². The van der Waals surface area contributed by atoms with E-state index in [2.05, 4.69) is 5.10 Å². The summed E-state index contributed by atoms with van der Waals surface area (Å²) in [6, 6.07) is 16.5. The lowest BCUT2D eigenvalue weighted by Crippen LogP contribution is -2.30. The zero-order valence-electron chi connectivity index (χ0n) is 16.2. The summed E-state index contributed by atoms with van der Waals surface area (Å²) in [6.45, 7) is 1.09. The number of aromatic nitrogens is 2. The van der Waals surface area contributed by atoms with Gasteiger partial charge in [-0.25, -0.2) is 9.07 Å². The number of halogens is 1. The first-order valence-electron chi connectivity index (χ1n) is 9.26. The fraction of sp³-hybridized carbons (Fsp3) is 0.273. The third-order valence-electron chi connectivity index (χ3n) is 4.55. The van der Waals surface area contributed by atoms with Crippen LogP contribution in [0.5, 0.6) is 0 Å². The molecule has 3 rings (SSSR count). The van der Waals surface area contributed by atoms with Gasteiger partial charge >= 0.3 is 0 Å². The molecule has 0 bridgehead atoms. The molecule has 5 nitrogen and oxygen atoms in total. The van der Waals surface area contributed by atoms with Crippen molar-refractivity contribution in [1.82, 2.24) is 14.7 Å². The molecule has 146 valence electrons. The lowest BCUT2D eigenvalue weighted by Gasteiger charge is -2.14. The maximum Gasteiger partial charge on any atom is 0.271 e. The van der Waals surface area contributed by atoms with Gasteiger partial charge in [-0.1, -0.05) is 30.3 Å². The van der Waals surface area contributed by atoms with Crippen molar-refractivity contribution < 1.29 is 4.39 Å². The first kappa shape index (κ1) is 19.9. The standard InChI is InChI=1S/C22H25FN4O/c1-26(2)15-19-13-21(17-8-9-20(23)18(12-17)14-24)25-27(22(19)28)11-10-16-6-4-3-5-7-16/h3-9,12-13H,10-11,14-15,24H2,1-2H3. The summed E-state index contributed by atoms with van der Waals surface area (Å²) < 4.78 is 15.3. The van der Waals surface area contributed by atoms with Crippen molar-refractivity contribution >= 4 is 0 Å². The van der Waals surface area contributed by atoms with Crippen LogP contribution in [0, 0.1) is 5.82 Å². The minimum absolute atomic E-state index is 0.102. The molecule has 0 atom stereocenters. The molecule has 0 radical (unpaired) electrons. The van der Waals surface area contributed by atoms with Crippen LogP contribution in [-0.4, -0.2) is 28.8 Å². The first-order valence-corrected chi connectivity index (χ1v) is 9.26. The summed E-state index contributed by atoms with van der Waals surface area (Å²) in [5.41, 5.74) is 9.14. The van der Waals surface area contributed by atoms with E-state index < -0.39 is 0 Å². The molecule has 0 aliphatic rings. The maximum atomic E-state index is 13.8. The van der Waals surface area contributed by atoms with Crippen molar-refractivity contribution in [2.45, 2.75) is 26.1 Å². The molecule has 1 heterocycles. The summed E-state index contributed by atoms with van der Waals surface area (Å²) in [5.74, 6) is -0.336. The van der Waals surface area contributed by atoms with Gasteiger partial charge in [0, 0.05) is 36.3 Å². The largest absolute Gasteiger partial charge is 0.326 e. The molecule has 0 fully saturated rings. The van der Waals surface area contributed by atoms with E-state index in [1.165, 1.54) is 10.7 Å². The van der Waals surface area contributed by atoms with Crippen molar-refractivity contribution in [3.63, 3.8) is 0 Å². The molecule has 2 aromatic carbocycles. The SMILES string of the molecule is CN(C)Cc1cc(-c2ccc(F)c(CN)c2)nn(CCc2ccccc2)c1=O. The number of hydrogen-bond donors (Lipinski definition) is 1. The number of benzene rings is 2. The summed E-state index contributed by atoms with van der Waals surface area (Å²) in [6.07, 6.45) is 0.704. The van der Waals surface area contributed by atoms with Crippen LogP contribution in [0.25, 0.3) is 11.3 Å². The van der Waals surface area contributed by atoms with E-state index in [1.54, 1.807) is 18.2 Å². The quantitative estimate of drug-likeness (QED) is 0.685. The third kappa shape index (κ3) is 4.71. The minimum atomic E-state index is -0.336. The molecule has 0 amide bonds. The molecular formula is C22H25FN4O. The molecule has 0 unspecified atom stereocenters. The highest BCUT2D eigenvalue weighted by atomic mass is 19.1. The average Bonchev–Trinajstić information content (AvgIpc) is 2.69. The third-order valence-corrected chi connectivity index (χ3v) is 4.55. The molecule has 2 N–H and O–H groups in total. The van der Waals surface area contributed by atoms with E-state index in [-0.39, 0.29) is 17.9 Å². The fourth-order valence-corrected chi connectivity index (χ4v) is 3.11. The highest BCUT2D eigenvalue weighted by Gasteiger charge is 2.12.